The lowest BCUT2D eigenvalue weighted by Gasteiger charge is -2.14. The van der Waals surface area contributed by atoms with E-state index < -0.39 is 6.04 Å². The summed E-state index contributed by atoms with van der Waals surface area (Å²) in [6.45, 7) is 5.85. The van der Waals surface area contributed by atoms with Gasteiger partial charge in [-0.25, -0.2) is 4.79 Å². The Morgan fingerprint density at radius 2 is 2.24 bits per heavy atom. The smallest absolute Gasteiger partial charge is 0.328 e. The molecule has 0 saturated carbocycles. The number of nitrogens with zero attached hydrogens (tertiary/aromatic N) is 1. The second-order valence-corrected chi connectivity index (χ2v) is 4.10. The zero-order valence-corrected chi connectivity index (χ0v) is 10.6. The average Bonchev–Trinajstić information content (AvgIpc) is 2.32. The Morgan fingerprint density at radius 1 is 1.53 bits per heavy atom. The van der Waals surface area contributed by atoms with Crippen molar-refractivity contribution in [2.45, 2.75) is 39.7 Å². The van der Waals surface area contributed by atoms with Crippen molar-refractivity contribution in [3.05, 3.63) is 34.2 Å². The zero-order chi connectivity index (χ0) is 12.8. The van der Waals surface area contributed by atoms with Crippen LogP contribution in [0.2, 0.25) is 0 Å². The molecule has 0 aliphatic carbocycles. The quantitative estimate of drug-likeness (QED) is 0.581. The Morgan fingerprint density at radius 3 is 2.88 bits per heavy atom. The molecule has 17 heavy (non-hydrogen) atoms. The number of aromatic nitrogens is 1. The fraction of sp³-hybridized carbons (Fsp3) is 0.538. The number of rotatable bonds is 5. The molecule has 94 valence electrons. The van der Waals surface area contributed by atoms with E-state index in [1.54, 1.807) is 32.2 Å². The Kier molecular flexibility index (Phi) is 4.94. The van der Waals surface area contributed by atoms with Crippen LogP contribution < -0.4 is 5.56 Å². The van der Waals surface area contributed by atoms with Gasteiger partial charge in [-0.1, -0.05) is 19.4 Å². The standard InChI is InChI=1S/C13H19NO3/c1-4-5-9-17-13(16)11(3)14-8-6-7-10(2)12(14)15/h6-8,11H,4-5,9H2,1-3H3. The summed E-state index contributed by atoms with van der Waals surface area (Å²) in [5, 5.41) is 0. The second-order valence-electron chi connectivity index (χ2n) is 4.10. The molecule has 0 spiro atoms. The van der Waals surface area contributed by atoms with Crippen LogP contribution >= 0.6 is 0 Å². The maximum Gasteiger partial charge on any atom is 0.328 e. The molecule has 1 heterocycles. The molecular formula is C13H19NO3. The first kappa shape index (κ1) is 13.5. The van der Waals surface area contributed by atoms with Crippen molar-refractivity contribution in [2.75, 3.05) is 6.61 Å². The molecule has 0 N–H and O–H groups in total. The van der Waals surface area contributed by atoms with E-state index >= 15 is 0 Å². The van der Waals surface area contributed by atoms with Gasteiger partial charge in [0.05, 0.1) is 6.61 Å². The lowest BCUT2D eigenvalue weighted by molar-refractivity contribution is -0.147. The number of carbonyl (C=O) groups excluding carboxylic acids is 1. The van der Waals surface area contributed by atoms with Crippen LogP contribution in [-0.2, 0) is 9.53 Å². The fourth-order valence-corrected chi connectivity index (χ4v) is 1.48. The number of hydrogen-bond acceptors (Lipinski definition) is 3. The minimum absolute atomic E-state index is 0.146. The molecule has 0 aromatic carbocycles. The van der Waals surface area contributed by atoms with Gasteiger partial charge in [-0.05, 0) is 26.3 Å². The van der Waals surface area contributed by atoms with Crippen molar-refractivity contribution in [2.24, 2.45) is 0 Å². The Bertz CT molecular complexity index is 437. The summed E-state index contributed by atoms with van der Waals surface area (Å²) in [4.78, 5) is 23.5. The molecule has 1 aromatic rings. The summed E-state index contributed by atoms with van der Waals surface area (Å²) in [5.41, 5.74) is 0.480. The van der Waals surface area contributed by atoms with Crippen molar-refractivity contribution >= 4 is 5.97 Å². The lowest BCUT2D eigenvalue weighted by Crippen LogP contribution is -2.30. The van der Waals surface area contributed by atoms with E-state index in [-0.39, 0.29) is 11.5 Å². The minimum atomic E-state index is -0.570. The highest BCUT2D eigenvalue weighted by atomic mass is 16.5. The van der Waals surface area contributed by atoms with Crippen LogP contribution in [0.15, 0.2) is 23.1 Å². The highest BCUT2D eigenvalue weighted by Crippen LogP contribution is 2.06. The Labute approximate surface area is 101 Å². The molecule has 4 heteroatoms. The average molecular weight is 237 g/mol. The predicted octanol–water partition coefficient (Wildman–Crippen LogP) is 2.06. The summed E-state index contributed by atoms with van der Waals surface area (Å²) < 4.78 is 6.50. The third-order valence-corrected chi connectivity index (χ3v) is 2.67. The number of ether oxygens (including phenoxy) is 1. The van der Waals surface area contributed by atoms with Crippen molar-refractivity contribution < 1.29 is 9.53 Å². The summed E-state index contributed by atoms with van der Waals surface area (Å²) in [5.74, 6) is -0.355. The van der Waals surface area contributed by atoms with E-state index in [1.807, 2.05) is 6.92 Å². The Hall–Kier alpha value is -1.58. The van der Waals surface area contributed by atoms with Crippen LogP contribution in [0.5, 0.6) is 0 Å². The third kappa shape index (κ3) is 3.44. The number of aryl methyl sites for hydroxylation is 1. The van der Waals surface area contributed by atoms with Crippen LogP contribution in [0, 0.1) is 6.92 Å². The van der Waals surface area contributed by atoms with E-state index in [0.29, 0.717) is 12.2 Å². The fourth-order valence-electron chi connectivity index (χ4n) is 1.48. The molecule has 1 unspecified atom stereocenters. The minimum Gasteiger partial charge on any atom is -0.464 e. The molecule has 0 aliphatic rings. The van der Waals surface area contributed by atoms with Gasteiger partial charge in [-0.15, -0.1) is 0 Å². The first-order valence-electron chi connectivity index (χ1n) is 5.92. The third-order valence-electron chi connectivity index (χ3n) is 2.67. The highest BCUT2D eigenvalue weighted by Gasteiger charge is 2.17. The van der Waals surface area contributed by atoms with Crippen molar-refractivity contribution in [3.63, 3.8) is 0 Å². The van der Waals surface area contributed by atoms with Crippen LogP contribution in [0.4, 0.5) is 0 Å². The largest absolute Gasteiger partial charge is 0.464 e. The lowest BCUT2D eigenvalue weighted by atomic mass is 10.2. The molecule has 1 aromatic heterocycles. The summed E-state index contributed by atoms with van der Waals surface area (Å²) in [6, 6.07) is 2.92. The van der Waals surface area contributed by atoms with Gasteiger partial charge in [-0.3, -0.25) is 4.79 Å². The molecule has 1 rings (SSSR count). The topological polar surface area (TPSA) is 48.3 Å². The van der Waals surface area contributed by atoms with Crippen LogP contribution in [0.1, 0.15) is 38.3 Å². The second kappa shape index (κ2) is 6.23. The SMILES string of the molecule is CCCCOC(=O)C(C)n1cccc(C)c1=O. The molecule has 0 radical (unpaired) electrons. The van der Waals surface area contributed by atoms with Gasteiger partial charge in [0.2, 0.25) is 0 Å². The Balaban J connectivity index is 2.75. The highest BCUT2D eigenvalue weighted by molar-refractivity contribution is 5.73. The number of esters is 1. The molecule has 0 fully saturated rings. The van der Waals surface area contributed by atoms with Gasteiger partial charge in [0, 0.05) is 11.8 Å². The van der Waals surface area contributed by atoms with Gasteiger partial charge < -0.3 is 9.30 Å². The van der Waals surface area contributed by atoms with Crippen molar-refractivity contribution in [1.82, 2.24) is 4.57 Å². The van der Waals surface area contributed by atoms with E-state index in [1.165, 1.54) is 4.57 Å². The molecule has 0 aliphatic heterocycles. The number of hydrogen-bond donors (Lipinski definition) is 0. The maximum absolute atomic E-state index is 11.8. The van der Waals surface area contributed by atoms with Gasteiger partial charge in [0.25, 0.3) is 5.56 Å². The molecule has 4 nitrogen and oxygen atoms in total. The van der Waals surface area contributed by atoms with Gasteiger partial charge in [0.1, 0.15) is 6.04 Å². The maximum atomic E-state index is 11.8. The molecule has 0 amide bonds. The van der Waals surface area contributed by atoms with Gasteiger partial charge in [0.15, 0.2) is 0 Å². The van der Waals surface area contributed by atoms with E-state index in [2.05, 4.69) is 0 Å². The summed E-state index contributed by atoms with van der Waals surface area (Å²) in [6.07, 6.45) is 3.44. The van der Waals surface area contributed by atoms with Crippen LogP contribution in [0.3, 0.4) is 0 Å². The number of carbonyl (C=O) groups is 1. The molecule has 0 saturated heterocycles. The van der Waals surface area contributed by atoms with Crippen LogP contribution in [0.25, 0.3) is 0 Å². The van der Waals surface area contributed by atoms with Gasteiger partial charge >= 0.3 is 5.97 Å². The van der Waals surface area contributed by atoms with E-state index in [9.17, 15) is 9.59 Å². The van der Waals surface area contributed by atoms with Gasteiger partial charge in [-0.2, -0.15) is 0 Å². The summed E-state index contributed by atoms with van der Waals surface area (Å²) >= 11 is 0. The zero-order valence-electron chi connectivity index (χ0n) is 10.6. The van der Waals surface area contributed by atoms with Crippen molar-refractivity contribution in [1.29, 1.82) is 0 Å². The molecule has 1 atom stereocenters. The van der Waals surface area contributed by atoms with Crippen molar-refractivity contribution in [3.8, 4) is 0 Å². The first-order chi connectivity index (χ1) is 8.07. The number of unbranched alkanes of at least 4 members (excludes halogenated alkanes) is 1. The molecular weight excluding hydrogens is 218 g/mol. The molecule has 0 bridgehead atoms. The normalized spacial score (nSPS) is 12.2. The van der Waals surface area contributed by atoms with Crippen LogP contribution in [-0.4, -0.2) is 17.1 Å². The predicted molar refractivity (Wildman–Crippen MR) is 66.0 cm³/mol. The van der Waals surface area contributed by atoms with E-state index in [0.717, 1.165) is 12.8 Å². The number of pyridine rings is 1. The first-order valence-corrected chi connectivity index (χ1v) is 5.92. The van der Waals surface area contributed by atoms with E-state index in [4.69, 9.17) is 4.74 Å². The monoisotopic (exact) mass is 237 g/mol. The summed E-state index contributed by atoms with van der Waals surface area (Å²) in [7, 11) is 0.